The van der Waals surface area contributed by atoms with Gasteiger partial charge < -0.3 is 24.9 Å². The number of ether oxygens (including phenoxy) is 1. The maximum Gasteiger partial charge on any atom is 0.388 e. The highest BCUT2D eigenvalue weighted by atomic mass is 32.2. The average Bonchev–Trinajstić information content (AvgIpc) is 2.77. The summed E-state index contributed by atoms with van der Waals surface area (Å²) in [5.74, 6) is -0.0340. The van der Waals surface area contributed by atoms with Gasteiger partial charge in [-0.1, -0.05) is 13.0 Å². The van der Waals surface area contributed by atoms with Gasteiger partial charge >= 0.3 is 6.61 Å². The third kappa shape index (κ3) is 14.0. The van der Waals surface area contributed by atoms with Crippen molar-refractivity contribution in [3.63, 3.8) is 0 Å². The van der Waals surface area contributed by atoms with E-state index in [0.717, 1.165) is 36.2 Å². The molecule has 0 fully saturated rings. The van der Waals surface area contributed by atoms with E-state index in [0.29, 0.717) is 11.9 Å². The standard InChI is InChI=1S/C16H21F2N3OS.C6H13NO.CH2O2/c1-4-20(2)10-11-21(3)23-14-7-5-6-13-12(14)8-9-19-15(13)22-16(17)18;1-6(2,3)7-4-5-8;2-1-3/h5-9,16H,4,10-11H2,1-3H3;5,7H,4H2,1-3H3;1H,(H,2,3). The molecule has 0 spiro atoms. The summed E-state index contributed by atoms with van der Waals surface area (Å²) in [6.07, 6.45) is 2.36. The highest BCUT2D eigenvalue weighted by molar-refractivity contribution is 7.97. The fraction of sp³-hybridized carbons (Fsp3) is 0.522. The van der Waals surface area contributed by atoms with Crippen molar-refractivity contribution in [1.82, 2.24) is 19.5 Å². The second kappa shape index (κ2) is 17.1. The van der Waals surface area contributed by atoms with Gasteiger partial charge in [0.05, 0.1) is 6.54 Å². The van der Waals surface area contributed by atoms with Gasteiger partial charge in [-0.05, 0) is 71.6 Å². The first-order chi connectivity index (χ1) is 16.0. The van der Waals surface area contributed by atoms with Crippen molar-refractivity contribution in [1.29, 1.82) is 0 Å². The summed E-state index contributed by atoms with van der Waals surface area (Å²) in [4.78, 5) is 25.3. The Morgan fingerprint density at radius 3 is 2.32 bits per heavy atom. The summed E-state index contributed by atoms with van der Waals surface area (Å²) in [7, 11) is 4.10. The van der Waals surface area contributed by atoms with Crippen LogP contribution in [0, 0.1) is 0 Å². The largest absolute Gasteiger partial charge is 0.483 e. The molecule has 0 aliphatic rings. The summed E-state index contributed by atoms with van der Waals surface area (Å²) in [5.41, 5.74) is 0.0703. The fourth-order valence-corrected chi connectivity index (χ4v) is 3.36. The molecule has 34 heavy (non-hydrogen) atoms. The number of carbonyl (C=O) groups is 2. The molecule has 0 atom stereocenters. The van der Waals surface area contributed by atoms with Crippen molar-refractivity contribution in [2.75, 3.05) is 40.3 Å². The third-order valence-electron chi connectivity index (χ3n) is 4.24. The average molecular weight is 503 g/mol. The summed E-state index contributed by atoms with van der Waals surface area (Å²) in [6.45, 7) is 8.38. The van der Waals surface area contributed by atoms with E-state index in [4.69, 9.17) is 9.90 Å². The Hall–Kier alpha value is -2.34. The molecule has 0 bridgehead atoms. The second-order valence-corrected chi connectivity index (χ2v) is 9.33. The van der Waals surface area contributed by atoms with Gasteiger partial charge in [0, 0.05) is 40.5 Å². The molecule has 0 aliphatic carbocycles. The van der Waals surface area contributed by atoms with E-state index in [-0.39, 0.29) is 17.9 Å². The number of fused-ring (bicyclic) bond motifs is 1. The number of aldehydes is 1. The molecule has 2 rings (SSSR count). The van der Waals surface area contributed by atoms with E-state index in [1.807, 2.05) is 46.0 Å². The minimum Gasteiger partial charge on any atom is -0.483 e. The number of aromatic nitrogens is 1. The molecular weight excluding hydrogens is 466 g/mol. The van der Waals surface area contributed by atoms with Gasteiger partial charge in [0.1, 0.15) is 6.29 Å². The molecule has 1 aromatic heterocycles. The number of hydrogen-bond donors (Lipinski definition) is 2. The predicted molar refractivity (Wildman–Crippen MR) is 133 cm³/mol. The molecule has 0 aliphatic heterocycles. The number of hydrogen-bond acceptors (Lipinski definition) is 8. The van der Waals surface area contributed by atoms with Crippen LogP contribution >= 0.6 is 11.9 Å². The van der Waals surface area contributed by atoms with Crippen LogP contribution in [0.2, 0.25) is 0 Å². The minimum absolute atomic E-state index is 0.0340. The van der Waals surface area contributed by atoms with Crippen LogP contribution in [0.4, 0.5) is 8.78 Å². The van der Waals surface area contributed by atoms with Crippen molar-refractivity contribution in [3.8, 4) is 5.88 Å². The Morgan fingerprint density at radius 1 is 1.18 bits per heavy atom. The quantitative estimate of drug-likeness (QED) is 0.369. The zero-order valence-corrected chi connectivity index (χ0v) is 21.4. The van der Waals surface area contributed by atoms with E-state index in [9.17, 15) is 13.6 Å². The molecule has 0 saturated heterocycles. The number of halogens is 2. The highest BCUT2D eigenvalue weighted by Crippen LogP contribution is 2.33. The number of nitrogens with one attached hydrogen (secondary N) is 1. The Morgan fingerprint density at radius 2 is 1.82 bits per heavy atom. The van der Waals surface area contributed by atoms with Gasteiger partial charge in [0.2, 0.25) is 5.88 Å². The van der Waals surface area contributed by atoms with E-state index in [1.54, 1.807) is 18.0 Å². The number of pyridine rings is 1. The number of likely N-dealkylation sites (N-methyl/N-ethyl adjacent to an activating group) is 2. The van der Waals surface area contributed by atoms with Crippen molar-refractivity contribution in [3.05, 3.63) is 30.5 Å². The highest BCUT2D eigenvalue weighted by Gasteiger charge is 2.13. The lowest BCUT2D eigenvalue weighted by molar-refractivity contribution is -0.122. The topological polar surface area (TPSA) is 95.0 Å². The molecule has 11 heteroatoms. The molecule has 0 radical (unpaired) electrons. The Labute approximate surface area is 204 Å². The zero-order valence-electron chi connectivity index (χ0n) is 20.6. The molecule has 0 unspecified atom stereocenters. The lowest BCUT2D eigenvalue weighted by Gasteiger charge is -2.20. The summed E-state index contributed by atoms with van der Waals surface area (Å²) < 4.78 is 31.6. The van der Waals surface area contributed by atoms with Crippen LogP contribution in [0.5, 0.6) is 5.88 Å². The number of benzene rings is 1. The van der Waals surface area contributed by atoms with Gasteiger partial charge in [-0.15, -0.1) is 0 Å². The van der Waals surface area contributed by atoms with Crippen molar-refractivity contribution in [2.45, 2.75) is 44.7 Å². The van der Waals surface area contributed by atoms with Crippen LogP contribution in [0.25, 0.3) is 10.8 Å². The second-order valence-electron chi connectivity index (χ2n) is 8.09. The molecule has 0 amide bonds. The Kier molecular flexibility index (Phi) is 16.0. The molecular formula is C23H36F2N4O4S. The van der Waals surface area contributed by atoms with E-state index in [1.165, 1.54) is 6.20 Å². The normalized spacial score (nSPS) is 11.0. The SMILES string of the molecule is CC(C)(C)NCC=O.CCN(C)CCN(C)Sc1cccc2c(OC(F)F)nccc12.O=CO. The summed E-state index contributed by atoms with van der Waals surface area (Å²) in [5, 5.41) is 11.3. The number of carboxylic acid groups (broad SMARTS) is 1. The summed E-state index contributed by atoms with van der Waals surface area (Å²) >= 11 is 1.59. The summed E-state index contributed by atoms with van der Waals surface area (Å²) in [6, 6.07) is 7.37. The predicted octanol–water partition coefficient (Wildman–Crippen LogP) is 4.00. The first-order valence-electron chi connectivity index (χ1n) is 10.7. The van der Waals surface area contributed by atoms with Crippen LogP contribution in [0.1, 0.15) is 27.7 Å². The van der Waals surface area contributed by atoms with Gasteiger partial charge in [-0.25, -0.2) is 9.29 Å². The number of alkyl halides is 2. The Balaban J connectivity index is 0.000000830. The first-order valence-corrected chi connectivity index (χ1v) is 11.4. The molecule has 1 aromatic carbocycles. The maximum absolute atomic E-state index is 12.5. The van der Waals surface area contributed by atoms with E-state index >= 15 is 0 Å². The van der Waals surface area contributed by atoms with Crippen LogP contribution < -0.4 is 10.1 Å². The molecule has 192 valence electrons. The molecule has 8 nitrogen and oxygen atoms in total. The van der Waals surface area contributed by atoms with Crippen molar-refractivity contribution in [2.24, 2.45) is 0 Å². The molecule has 2 N–H and O–H groups in total. The van der Waals surface area contributed by atoms with Crippen LogP contribution in [0.3, 0.4) is 0 Å². The number of carbonyl (C=O) groups excluding carboxylic acids is 1. The van der Waals surface area contributed by atoms with Gasteiger partial charge in [0.15, 0.2) is 0 Å². The Bertz CT molecular complexity index is 853. The molecule has 1 heterocycles. The molecule has 0 saturated carbocycles. The van der Waals surface area contributed by atoms with Crippen molar-refractivity contribution < 1.29 is 28.2 Å². The number of nitrogens with zero attached hydrogens (tertiary/aromatic N) is 3. The van der Waals surface area contributed by atoms with E-state index in [2.05, 4.69) is 38.2 Å². The number of rotatable bonds is 10. The lowest BCUT2D eigenvalue weighted by atomic mass is 10.1. The first kappa shape index (κ1) is 31.7. The van der Waals surface area contributed by atoms with Crippen LogP contribution in [-0.4, -0.2) is 84.5 Å². The zero-order chi connectivity index (χ0) is 26.1. The maximum atomic E-state index is 12.5. The van der Waals surface area contributed by atoms with Crippen molar-refractivity contribution >= 4 is 35.5 Å². The monoisotopic (exact) mass is 502 g/mol. The van der Waals surface area contributed by atoms with E-state index < -0.39 is 6.61 Å². The van der Waals surface area contributed by atoms with Gasteiger partial charge in [-0.2, -0.15) is 8.78 Å². The van der Waals surface area contributed by atoms with Gasteiger partial charge in [-0.3, -0.25) is 4.79 Å². The van der Waals surface area contributed by atoms with Gasteiger partial charge in [0.25, 0.3) is 6.47 Å². The third-order valence-corrected chi connectivity index (χ3v) is 5.28. The van der Waals surface area contributed by atoms with Crippen LogP contribution in [-0.2, 0) is 9.59 Å². The fourth-order valence-electron chi connectivity index (χ4n) is 2.44. The molecule has 2 aromatic rings. The lowest BCUT2D eigenvalue weighted by Crippen LogP contribution is -2.36. The minimum atomic E-state index is -2.88. The van der Waals surface area contributed by atoms with Crippen LogP contribution in [0.15, 0.2) is 35.4 Å². The smallest absolute Gasteiger partial charge is 0.388 e.